The highest BCUT2D eigenvalue weighted by atomic mass is 35.5. The average Bonchev–Trinajstić information content (AvgIpc) is 2.39. The van der Waals surface area contributed by atoms with Crippen molar-refractivity contribution in [2.75, 3.05) is 18.4 Å². The second kappa shape index (κ2) is 6.66. The summed E-state index contributed by atoms with van der Waals surface area (Å²) in [5.74, 6) is -0.246. The van der Waals surface area contributed by atoms with Gasteiger partial charge >= 0.3 is 6.18 Å². The summed E-state index contributed by atoms with van der Waals surface area (Å²) in [5, 5.41) is 5.72. The monoisotopic (exact) mass is 322 g/mol. The van der Waals surface area contributed by atoms with Gasteiger partial charge in [-0.1, -0.05) is 6.07 Å². The first-order valence-electron chi connectivity index (χ1n) is 6.51. The molecule has 0 saturated carbocycles. The molecule has 2 rings (SSSR count). The van der Waals surface area contributed by atoms with E-state index in [-0.39, 0.29) is 24.0 Å². The predicted octanol–water partition coefficient (Wildman–Crippen LogP) is 3.46. The molecule has 2 N–H and O–H groups in total. The van der Waals surface area contributed by atoms with Crippen molar-refractivity contribution in [1.82, 2.24) is 5.32 Å². The van der Waals surface area contributed by atoms with Crippen molar-refractivity contribution in [2.24, 2.45) is 5.41 Å². The molecule has 1 aliphatic rings. The van der Waals surface area contributed by atoms with Crippen LogP contribution in [0.1, 0.15) is 25.3 Å². The Morgan fingerprint density at radius 3 is 2.67 bits per heavy atom. The van der Waals surface area contributed by atoms with Gasteiger partial charge in [-0.05, 0) is 44.5 Å². The van der Waals surface area contributed by atoms with Crippen LogP contribution in [0, 0.1) is 5.41 Å². The summed E-state index contributed by atoms with van der Waals surface area (Å²) < 4.78 is 37.8. The first-order chi connectivity index (χ1) is 9.31. The normalized spacial score (nSPS) is 22.3. The van der Waals surface area contributed by atoms with E-state index in [0.717, 1.165) is 31.5 Å². The van der Waals surface area contributed by atoms with Crippen molar-refractivity contribution in [2.45, 2.75) is 25.9 Å². The van der Waals surface area contributed by atoms with E-state index in [4.69, 9.17) is 0 Å². The minimum absolute atomic E-state index is 0. The van der Waals surface area contributed by atoms with Crippen molar-refractivity contribution in [3.63, 3.8) is 0 Å². The number of carbonyl (C=O) groups is 1. The summed E-state index contributed by atoms with van der Waals surface area (Å²) >= 11 is 0. The first kappa shape index (κ1) is 17.8. The zero-order valence-electron chi connectivity index (χ0n) is 11.6. The van der Waals surface area contributed by atoms with E-state index < -0.39 is 17.2 Å². The molecule has 3 nitrogen and oxygen atoms in total. The van der Waals surface area contributed by atoms with Crippen LogP contribution in [-0.4, -0.2) is 19.0 Å². The molecule has 1 saturated heterocycles. The third-order valence-electron chi connectivity index (χ3n) is 3.59. The number of hydrogen-bond acceptors (Lipinski definition) is 2. The Labute approximate surface area is 127 Å². The molecular formula is C14H18ClF3N2O. The summed E-state index contributed by atoms with van der Waals surface area (Å²) in [7, 11) is 0. The van der Waals surface area contributed by atoms with Crippen molar-refractivity contribution in [3.05, 3.63) is 29.8 Å². The summed E-state index contributed by atoms with van der Waals surface area (Å²) in [6.45, 7) is 3.23. The van der Waals surface area contributed by atoms with Gasteiger partial charge in [0.15, 0.2) is 0 Å². The van der Waals surface area contributed by atoms with Gasteiger partial charge in [-0.3, -0.25) is 4.79 Å². The molecule has 1 heterocycles. The largest absolute Gasteiger partial charge is 0.416 e. The molecule has 0 spiro atoms. The number of amides is 1. The summed E-state index contributed by atoms with van der Waals surface area (Å²) in [4.78, 5) is 12.2. The first-order valence-corrected chi connectivity index (χ1v) is 6.51. The summed E-state index contributed by atoms with van der Waals surface area (Å²) in [6, 6.07) is 4.70. The Balaban J connectivity index is 0.00000220. The second-order valence-corrected chi connectivity index (χ2v) is 5.37. The lowest BCUT2D eigenvalue weighted by atomic mass is 9.82. The molecule has 0 radical (unpaired) electrons. The lowest BCUT2D eigenvalue weighted by Crippen LogP contribution is -2.46. The molecular weight excluding hydrogens is 305 g/mol. The number of halogens is 4. The molecule has 1 amide bonds. The van der Waals surface area contributed by atoms with Crippen LogP contribution < -0.4 is 10.6 Å². The van der Waals surface area contributed by atoms with Crippen LogP contribution in [0.4, 0.5) is 18.9 Å². The van der Waals surface area contributed by atoms with E-state index in [1.54, 1.807) is 0 Å². The number of alkyl halides is 3. The number of piperidine rings is 1. The standard InChI is InChI=1S/C14H17F3N2O.ClH/c1-13(6-3-7-18-9-13)12(20)19-11-5-2-4-10(8-11)14(15,16)17;/h2,4-5,8,18H,3,6-7,9H2,1H3,(H,19,20);1H. The number of anilines is 1. The average molecular weight is 323 g/mol. The number of hydrogen-bond donors (Lipinski definition) is 2. The van der Waals surface area contributed by atoms with Gasteiger partial charge in [0.25, 0.3) is 0 Å². The highest BCUT2D eigenvalue weighted by Crippen LogP contribution is 2.32. The van der Waals surface area contributed by atoms with Crippen LogP contribution in [0.2, 0.25) is 0 Å². The van der Waals surface area contributed by atoms with E-state index in [1.165, 1.54) is 12.1 Å². The Morgan fingerprint density at radius 2 is 2.10 bits per heavy atom. The lowest BCUT2D eigenvalue weighted by Gasteiger charge is -2.32. The number of benzene rings is 1. The Hall–Kier alpha value is -1.27. The second-order valence-electron chi connectivity index (χ2n) is 5.37. The van der Waals surface area contributed by atoms with E-state index in [1.807, 2.05) is 6.92 Å². The maximum atomic E-state index is 12.6. The zero-order valence-corrected chi connectivity index (χ0v) is 12.4. The Morgan fingerprint density at radius 1 is 1.38 bits per heavy atom. The van der Waals surface area contributed by atoms with Gasteiger partial charge in [-0.25, -0.2) is 0 Å². The molecule has 7 heteroatoms. The van der Waals surface area contributed by atoms with Gasteiger partial charge < -0.3 is 10.6 Å². The predicted molar refractivity (Wildman–Crippen MR) is 77.5 cm³/mol. The van der Waals surface area contributed by atoms with Gasteiger partial charge in [0.1, 0.15) is 0 Å². The molecule has 21 heavy (non-hydrogen) atoms. The molecule has 1 atom stereocenters. The van der Waals surface area contributed by atoms with Crippen LogP contribution in [0.3, 0.4) is 0 Å². The van der Waals surface area contributed by atoms with Gasteiger partial charge in [0, 0.05) is 12.2 Å². The Bertz CT molecular complexity index is 499. The molecule has 0 bridgehead atoms. The van der Waals surface area contributed by atoms with Crippen LogP contribution in [0.25, 0.3) is 0 Å². The van der Waals surface area contributed by atoms with Crippen molar-refractivity contribution in [3.8, 4) is 0 Å². The van der Waals surface area contributed by atoms with Gasteiger partial charge in [0.05, 0.1) is 11.0 Å². The smallest absolute Gasteiger partial charge is 0.326 e. The SMILES string of the molecule is CC1(C(=O)Nc2cccc(C(F)(F)F)c2)CCCNC1.Cl. The van der Waals surface area contributed by atoms with Crippen molar-refractivity contribution < 1.29 is 18.0 Å². The fraction of sp³-hybridized carbons (Fsp3) is 0.500. The number of carbonyl (C=O) groups excluding carboxylic acids is 1. The maximum absolute atomic E-state index is 12.6. The van der Waals surface area contributed by atoms with Crippen LogP contribution >= 0.6 is 12.4 Å². The highest BCUT2D eigenvalue weighted by molar-refractivity contribution is 5.95. The van der Waals surface area contributed by atoms with Gasteiger partial charge in [-0.2, -0.15) is 13.2 Å². The molecule has 118 valence electrons. The van der Waals surface area contributed by atoms with Gasteiger partial charge in [-0.15, -0.1) is 12.4 Å². The highest BCUT2D eigenvalue weighted by Gasteiger charge is 2.35. The maximum Gasteiger partial charge on any atom is 0.416 e. The fourth-order valence-electron chi connectivity index (χ4n) is 2.31. The third-order valence-corrected chi connectivity index (χ3v) is 3.59. The topological polar surface area (TPSA) is 41.1 Å². The van der Waals surface area contributed by atoms with Crippen molar-refractivity contribution in [1.29, 1.82) is 0 Å². The summed E-state index contributed by atoms with van der Waals surface area (Å²) in [6.07, 6.45) is -2.80. The molecule has 1 unspecified atom stereocenters. The molecule has 0 aliphatic carbocycles. The van der Waals surface area contributed by atoms with Gasteiger partial charge in [0.2, 0.25) is 5.91 Å². The fourth-order valence-corrected chi connectivity index (χ4v) is 2.31. The van der Waals surface area contributed by atoms with Crippen LogP contribution in [-0.2, 0) is 11.0 Å². The molecule has 1 aromatic carbocycles. The number of rotatable bonds is 2. The Kier molecular flexibility index (Phi) is 5.64. The lowest BCUT2D eigenvalue weighted by molar-refractivity contribution is -0.137. The van der Waals surface area contributed by atoms with Crippen LogP contribution in [0.5, 0.6) is 0 Å². The van der Waals surface area contributed by atoms with E-state index >= 15 is 0 Å². The quantitative estimate of drug-likeness (QED) is 0.875. The van der Waals surface area contributed by atoms with Crippen molar-refractivity contribution >= 4 is 24.0 Å². The number of nitrogens with one attached hydrogen (secondary N) is 2. The molecule has 1 fully saturated rings. The minimum atomic E-state index is -4.41. The van der Waals surface area contributed by atoms with Crippen LogP contribution in [0.15, 0.2) is 24.3 Å². The molecule has 1 aliphatic heterocycles. The van der Waals surface area contributed by atoms with E-state index in [2.05, 4.69) is 10.6 Å². The molecule has 0 aromatic heterocycles. The minimum Gasteiger partial charge on any atom is -0.326 e. The third kappa shape index (κ3) is 4.35. The van der Waals surface area contributed by atoms with E-state index in [0.29, 0.717) is 6.54 Å². The molecule has 1 aromatic rings. The van der Waals surface area contributed by atoms with E-state index in [9.17, 15) is 18.0 Å². The zero-order chi connectivity index (χ0) is 14.8. The summed E-state index contributed by atoms with van der Waals surface area (Å²) in [5.41, 5.74) is -1.16.